The second-order valence-electron chi connectivity index (χ2n) is 39.2. The smallest absolute Gasteiger partial charge is 0.314 e. The van der Waals surface area contributed by atoms with Gasteiger partial charge in [-0.15, -0.1) is 12.4 Å². The Morgan fingerprint density at radius 1 is 0.497 bits per heavy atom. The van der Waals surface area contributed by atoms with Crippen LogP contribution in [0.1, 0.15) is 222 Å². The van der Waals surface area contributed by atoms with Crippen molar-refractivity contribution in [1.29, 1.82) is 0 Å². The van der Waals surface area contributed by atoms with Gasteiger partial charge in [-0.3, -0.25) is 90.2 Å². The lowest BCUT2D eigenvalue weighted by Gasteiger charge is -2.40. The molecule has 36 nitrogen and oxygen atoms in total. The van der Waals surface area contributed by atoms with Gasteiger partial charge >= 0.3 is 11.9 Å². The molecule has 1 aliphatic heterocycles. The average molecular weight is 2090 g/mol. The summed E-state index contributed by atoms with van der Waals surface area (Å²) in [5.41, 5.74) is 0.698. The molecule has 0 saturated heterocycles. The zero-order chi connectivity index (χ0) is 106. The molecular weight excluding hydrogens is 1980 g/mol. The van der Waals surface area contributed by atoms with E-state index in [1.807, 2.05) is 6.07 Å². The molecule has 1 heterocycles. The number of non-ortho nitro benzene ring substituents is 6. The Morgan fingerprint density at radius 2 is 0.867 bits per heavy atom. The number of aliphatic hydroxyl groups excluding tert-OH is 2. The summed E-state index contributed by atoms with van der Waals surface area (Å²) >= 11 is 6.70. The van der Waals surface area contributed by atoms with E-state index in [4.69, 9.17) is 33.4 Å². The predicted molar refractivity (Wildman–Crippen MR) is 531 cm³/mol. The molecule has 143 heavy (non-hydrogen) atoms. The SMILES string of the molecule is CC(=N[S@](=O)C(C)(C)C)c1cc([N+](=O)[O-])ccc1F.CC(C)(C)OC(=O)C1([C@](C)(N[S@](=O)C(C)(C)C)c2cc([N+](=O)[O-])ccc2F)CC1.C[C@@](N)(c1cc([N+](=O)[O-])ccc1F)C1(C(=O)O)CC1.C[C@@](N)(c1cc([N+](=O)[O-])ccc1F)C1(CO)CC1.C[C@@](NC(=S)NC(=O)c1ccccc1)(c1cc([N+](=O)[O-])ccc1F)C1(CO)CC1.C[C@]1(c2cc([N+](=O)[O-])ccc2F)N=C(NC(=O)c2ccccc2)SCC12CC2.Cl. The summed E-state index contributed by atoms with van der Waals surface area (Å²) < 4.78 is 122. The minimum atomic E-state index is -1.67. The zero-order valence-electron chi connectivity index (χ0n) is 80.5. The molecule has 47 heteroatoms. The van der Waals surface area contributed by atoms with Gasteiger partial charge in [-0.05, 0) is 241 Å². The summed E-state index contributed by atoms with van der Waals surface area (Å²) in [7, 11) is -3.22. The Labute approximate surface area is 839 Å². The first-order valence-electron chi connectivity index (χ1n) is 44.2. The van der Waals surface area contributed by atoms with E-state index in [2.05, 4.69) is 25.1 Å². The fourth-order valence-electron chi connectivity index (χ4n) is 16.2. The van der Waals surface area contributed by atoms with E-state index < -0.39 is 169 Å². The number of hydrogen-bond acceptors (Lipinski definition) is 26. The maximum Gasteiger partial charge on any atom is 0.314 e. The molecule has 2 amide bonds. The maximum atomic E-state index is 14.9. The van der Waals surface area contributed by atoms with Crippen LogP contribution >= 0.6 is 36.4 Å². The number of nitro groups is 6. The molecule has 8 aromatic rings. The Balaban J connectivity index is 0.000000212. The highest BCUT2D eigenvalue weighted by molar-refractivity contribution is 8.14. The van der Waals surface area contributed by atoms with Gasteiger partial charge in [0.2, 0.25) is 0 Å². The Hall–Kier alpha value is -12.4. The normalized spacial score (nSPS) is 18.6. The van der Waals surface area contributed by atoms with Crippen molar-refractivity contribution in [3.63, 3.8) is 0 Å². The number of amidine groups is 1. The molecule has 11 N–H and O–H groups in total. The molecule has 6 aliphatic rings. The molecule has 0 aromatic heterocycles. The summed E-state index contributed by atoms with van der Waals surface area (Å²) in [6.07, 6.45) is 5.69. The summed E-state index contributed by atoms with van der Waals surface area (Å²) in [4.78, 5) is 116. The lowest BCUT2D eigenvalue weighted by Crippen LogP contribution is -2.55. The van der Waals surface area contributed by atoms with Crippen LogP contribution in [-0.2, 0) is 64.0 Å². The third-order valence-corrected chi connectivity index (χ3v) is 30.9. The van der Waals surface area contributed by atoms with Gasteiger partial charge < -0.3 is 42.2 Å². The van der Waals surface area contributed by atoms with Crippen molar-refractivity contribution < 1.29 is 104 Å². The molecule has 770 valence electrons. The molecular formula is C96H111ClF6N14O22S4. The number of aliphatic imine (C=N–C) groups is 1. The van der Waals surface area contributed by atoms with Crippen LogP contribution in [0, 0.1) is 123 Å². The summed E-state index contributed by atoms with van der Waals surface area (Å²) in [5, 5.41) is 103. The van der Waals surface area contributed by atoms with E-state index in [0.717, 1.165) is 116 Å². The number of rotatable bonds is 26. The van der Waals surface area contributed by atoms with E-state index in [-0.39, 0.29) is 115 Å². The summed E-state index contributed by atoms with van der Waals surface area (Å²) in [6, 6.07) is 36.6. The van der Waals surface area contributed by atoms with Crippen LogP contribution in [0.2, 0.25) is 0 Å². The Bertz CT molecular complexity index is 6370. The highest BCUT2D eigenvalue weighted by atomic mass is 35.5. The van der Waals surface area contributed by atoms with Crippen molar-refractivity contribution in [2.45, 2.75) is 211 Å². The molecule has 14 rings (SSSR count). The van der Waals surface area contributed by atoms with Crippen molar-refractivity contribution in [1.82, 2.24) is 20.7 Å². The van der Waals surface area contributed by atoms with Crippen LogP contribution in [0.15, 0.2) is 179 Å². The lowest BCUT2D eigenvalue weighted by atomic mass is 9.76. The number of carbonyl (C=O) groups is 4. The monoisotopic (exact) mass is 2090 g/mol. The molecule has 7 atom stereocenters. The average Bonchev–Trinajstić information content (AvgIpc) is 1.51. The van der Waals surface area contributed by atoms with E-state index in [1.54, 1.807) is 145 Å². The number of aliphatic carboxylic acids is 1. The first-order valence-corrected chi connectivity index (χ1v) is 47.8. The second-order valence-corrected chi connectivity index (χ2v) is 44.4. The molecule has 0 unspecified atom stereocenters. The number of thioether (sulfide) groups is 1. The zero-order valence-corrected chi connectivity index (χ0v) is 84.6. The van der Waals surface area contributed by atoms with Crippen LogP contribution in [-0.4, -0.2) is 127 Å². The second kappa shape index (κ2) is 44.4. The fourth-order valence-corrected chi connectivity index (χ4v) is 19.5. The number of hydrogen-bond donors (Lipinski definition) is 9. The number of nitro benzene ring substituents is 6. The van der Waals surface area contributed by atoms with Gasteiger partial charge in [0.05, 0.1) is 102 Å². The van der Waals surface area contributed by atoms with Gasteiger partial charge in [0, 0.05) is 145 Å². The number of carboxylic acid groups (broad SMARTS) is 1. The van der Waals surface area contributed by atoms with Crippen molar-refractivity contribution >= 4 is 132 Å². The van der Waals surface area contributed by atoms with Crippen molar-refractivity contribution in [2.75, 3.05) is 19.0 Å². The van der Waals surface area contributed by atoms with E-state index in [9.17, 15) is 130 Å². The summed E-state index contributed by atoms with van der Waals surface area (Å²) in [6.45, 7) is 24.7. The minimum absolute atomic E-state index is 0. The van der Waals surface area contributed by atoms with Crippen molar-refractivity contribution in [3.8, 4) is 0 Å². The number of benzene rings is 8. The van der Waals surface area contributed by atoms with E-state index in [0.29, 0.717) is 73.4 Å². The Morgan fingerprint density at radius 3 is 1.24 bits per heavy atom. The maximum absolute atomic E-state index is 14.9. The van der Waals surface area contributed by atoms with Crippen molar-refractivity contribution in [2.24, 2.45) is 47.9 Å². The number of ether oxygens (including phenoxy) is 1. The number of carbonyl (C=O) groups excluding carboxylic acids is 3. The van der Waals surface area contributed by atoms with E-state index in [1.165, 1.54) is 31.7 Å². The number of aliphatic hydroxyl groups is 2. The number of nitrogens with one attached hydrogen (secondary N) is 4. The molecule has 5 aliphatic carbocycles. The largest absolute Gasteiger partial charge is 0.481 e. The van der Waals surface area contributed by atoms with Crippen molar-refractivity contribution in [3.05, 3.63) is 310 Å². The lowest BCUT2D eigenvalue weighted by molar-refractivity contribution is -0.385. The number of nitrogens with zero attached hydrogens (tertiary/aromatic N) is 8. The summed E-state index contributed by atoms with van der Waals surface area (Å²) in [5.74, 6) is -5.57. The van der Waals surface area contributed by atoms with Crippen LogP contribution in [0.5, 0.6) is 0 Å². The van der Waals surface area contributed by atoms with Gasteiger partial charge in [0.1, 0.15) is 51.5 Å². The van der Waals surface area contributed by atoms with E-state index >= 15 is 0 Å². The third kappa shape index (κ3) is 25.9. The molecule has 5 saturated carbocycles. The third-order valence-electron chi connectivity index (χ3n) is 26.4. The highest BCUT2D eigenvalue weighted by Crippen LogP contribution is 2.66. The van der Waals surface area contributed by atoms with Crippen LogP contribution in [0.4, 0.5) is 60.5 Å². The van der Waals surface area contributed by atoms with Gasteiger partial charge in [-0.25, -0.2) is 39.5 Å². The first kappa shape index (κ1) is 116. The topological polar surface area (TPSA) is 556 Å². The molecule has 5 fully saturated rings. The van der Waals surface area contributed by atoms with Crippen LogP contribution in [0.25, 0.3) is 0 Å². The van der Waals surface area contributed by atoms with Gasteiger partial charge in [0.15, 0.2) is 10.3 Å². The molecule has 8 aromatic carbocycles. The quantitative estimate of drug-likeness (QED) is 0.00607. The fraction of sp³-hybridized carbons (Fsp3) is 0.427. The Kier molecular flexibility index (Phi) is 36.0. The van der Waals surface area contributed by atoms with Gasteiger partial charge in [-0.2, -0.15) is 4.40 Å². The number of esters is 1. The van der Waals surface area contributed by atoms with Gasteiger partial charge in [-0.1, -0.05) is 48.2 Å². The van der Waals surface area contributed by atoms with Crippen LogP contribution in [0.3, 0.4) is 0 Å². The number of nitrogens with two attached hydrogens (primary N) is 2. The van der Waals surface area contributed by atoms with Gasteiger partial charge in [0.25, 0.3) is 45.9 Å². The number of carboxylic acids is 1. The number of thiocarbonyl (C=S) groups is 1. The first-order chi connectivity index (χ1) is 65.8. The predicted octanol–water partition coefficient (Wildman–Crippen LogP) is 18.3. The molecule has 0 radical (unpaired) electrons. The molecule has 0 bridgehead atoms. The minimum Gasteiger partial charge on any atom is -0.481 e. The highest BCUT2D eigenvalue weighted by Gasteiger charge is 2.68. The number of amides is 2. The van der Waals surface area contributed by atoms with Crippen LogP contribution < -0.4 is 32.1 Å². The number of halogens is 7. The standard InChI is InChI=1S/C20H20FN3O4S.C20H18FN3O3S.C20H29FN2O5S.C12H13FN2O4.C12H15FN2O3S.C12H15FN2O3.ClH/c1-19(20(12-25)9-10-20,15-11-14(24(27)28)7-8-16(15)21)23-18(29)22-17(26)13-5-3-2-4-6-13;1-19(15-11-14(24(26)27)7-8-16(15)21)20(9-10-20)12-28-18(23-19)22-17(25)13-5-3-2-4-6-13;1-17(2,3)28-16(24)20(10-11-20)19(7,22-29(27)18(4,5)6)14-12-13(23(25)26)8-9-15(14)21;1-11(14,12(4-5-12)10(16)17)8-6-7(15(18)19)2-3-9(8)13;1-8(14-19(18)12(2,3)4)10-7-9(15(16)17)5-6-11(10)13;1-11(14,12(7-16)4-5-12)9-6-8(15(17)18)2-3-10(9)13;/h2-8,11,25H,9-10,12H2,1H3,(H2,22,23,26,29);2-8,11H,9-10,12H2,1H3,(H,22,23,25);8-9,12,22H,10-11H2,1-7H3;2-3,6H,4-5,14H2,1H3,(H,16,17);5-7H,1-4H3;2-3,6,16H,4-5,7,14H2,1H3;1H/t2*19-;19-,29-;11-;19-;11-;/m111111./s1. The molecule has 1 spiro atoms.